The molecule has 24 heavy (non-hydrogen) atoms. The van der Waals surface area contributed by atoms with Gasteiger partial charge in [-0.25, -0.2) is 5.43 Å². The van der Waals surface area contributed by atoms with Gasteiger partial charge in [-0.1, -0.05) is 30.3 Å². The van der Waals surface area contributed by atoms with Gasteiger partial charge in [-0.2, -0.15) is 0 Å². The van der Waals surface area contributed by atoms with Crippen molar-refractivity contribution in [3.05, 3.63) is 35.9 Å². The minimum absolute atomic E-state index is 0.0128. The highest BCUT2D eigenvalue weighted by Crippen LogP contribution is 2.25. The van der Waals surface area contributed by atoms with Crippen LogP contribution in [0.3, 0.4) is 0 Å². The van der Waals surface area contributed by atoms with E-state index in [-0.39, 0.29) is 29.8 Å². The van der Waals surface area contributed by atoms with Crippen molar-refractivity contribution in [2.75, 3.05) is 26.2 Å². The van der Waals surface area contributed by atoms with Crippen molar-refractivity contribution in [2.24, 2.45) is 11.7 Å². The fourth-order valence-corrected chi connectivity index (χ4v) is 3.48. The first-order valence-electron chi connectivity index (χ1n) is 8.48. The number of likely N-dealkylation sites (tertiary alicyclic amines) is 1. The molecule has 2 amide bonds. The highest BCUT2D eigenvalue weighted by Gasteiger charge is 2.35. The number of carbonyl (C=O) groups is 2. The second kappa shape index (κ2) is 7.74. The number of piperidine rings is 1. The summed E-state index contributed by atoms with van der Waals surface area (Å²) in [5.74, 6) is -0.350. The molecule has 2 aliphatic rings. The SMILES string of the molecule is NC(=O)CN1CCC(NC(=O)C2CNNC2c2ccccc2)CC1. The van der Waals surface area contributed by atoms with E-state index < -0.39 is 0 Å². The van der Waals surface area contributed by atoms with Gasteiger partial charge in [0, 0.05) is 25.7 Å². The molecular weight excluding hydrogens is 306 g/mol. The van der Waals surface area contributed by atoms with Crippen molar-refractivity contribution in [3.63, 3.8) is 0 Å². The lowest BCUT2D eigenvalue weighted by atomic mass is 9.93. The van der Waals surface area contributed by atoms with E-state index in [1.165, 1.54) is 0 Å². The van der Waals surface area contributed by atoms with Crippen LogP contribution in [0.5, 0.6) is 0 Å². The number of rotatable bonds is 5. The van der Waals surface area contributed by atoms with Gasteiger partial charge in [0.2, 0.25) is 11.8 Å². The summed E-state index contributed by atoms with van der Waals surface area (Å²) in [4.78, 5) is 25.7. The number of nitrogens with one attached hydrogen (secondary N) is 3. The summed E-state index contributed by atoms with van der Waals surface area (Å²) in [6.07, 6.45) is 1.70. The Morgan fingerprint density at radius 1 is 1.21 bits per heavy atom. The molecule has 0 bridgehead atoms. The number of hydrogen-bond acceptors (Lipinski definition) is 5. The molecule has 3 rings (SSSR count). The molecule has 130 valence electrons. The van der Waals surface area contributed by atoms with E-state index in [1.54, 1.807) is 0 Å². The minimum Gasteiger partial charge on any atom is -0.369 e. The number of amides is 2. The maximum Gasteiger partial charge on any atom is 0.231 e. The molecule has 0 aliphatic carbocycles. The van der Waals surface area contributed by atoms with Gasteiger partial charge in [0.25, 0.3) is 0 Å². The zero-order valence-electron chi connectivity index (χ0n) is 13.7. The van der Waals surface area contributed by atoms with E-state index in [0.29, 0.717) is 13.1 Å². The Bertz CT molecular complexity index is 572. The van der Waals surface area contributed by atoms with Crippen molar-refractivity contribution in [1.29, 1.82) is 0 Å². The molecule has 5 N–H and O–H groups in total. The van der Waals surface area contributed by atoms with Crippen LogP contribution in [0.1, 0.15) is 24.4 Å². The fraction of sp³-hybridized carbons (Fsp3) is 0.529. The summed E-state index contributed by atoms with van der Waals surface area (Å²) in [5, 5.41) is 3.17. The van der Waals surface area contributed by atoms with Crippen molar-refractivity contribution >= 4 is 11.8 Å². The Morgan fingerprint density at radius 2 is 1.92 bits per heavy atom. The summed E-state index contributed by atoms with van der Waals surface area (Å²) >= 11 is 0. The van der Waals surface area contributed by atoms with E-state index in [4.69, 9.17) is 5.73 Å². The molecule has 0 radical (unpaired) electrons. The Kier molecular flexibility index (Phi) is 5.44. The van der Waals surface area contributed by atoms with Crippen LogP contribution < -0.4 is 21.9 Å². The van der Waals surface area contributed by atoms with Gasteiger partial charge >= 0.3 is 0 Å². The molecule has 7 heteroatoms. The molecule has 2 saturated heterocycles. The van der Waals surface area contributed by atoms with Crippen molar-refractivity contribution in [1.82, 2.24) is 21.1 Å². The molecular formula is C17H25N5O2. The second-order valence-corrected chi connectivity index (χ2v) is 6.55. The van der Waals surface area contributed by atoms with E-state index in [2.05, 4.69) is 16.2 Å². The molecule has 2 aliphatic heterocycles. The standard InChI is InChI=1S/C17H25N5O2/c18-15(23)11-22-8-6-13(7-9-22)20-17(24)14-10-19-21-16(14)12-4-2-1-3-5-12/h1-5,13-14,16,19,21H,6-11H2,(H2,18,23)(H,20,24). The van der Waals surface area contributed by atoms with Crippen LogP contribution in [0.2, 0.25) is 0 Å². The Morgan fingerprint density at radius 3 is 2.58 bits per heavy atom. The van der Waals surface area contributed by atoms with Gasteiger partial charge in [0.1, 0.15) is 0 Å². The lowest BCUT2D eigenvalue weighted by Crippen LogP contribution is -2.48. The number of benzene rings is 1. The van der Waals surface area contributed by atoms with E-state index in [0.717, 1.165) is 31.5 Å². The first-order valence-corrected chi connectivity index (χ1v) is 8.48. The van der Waals surface area contributed by atoms with Crippen molar-refractivity contribution in [2.45, 2.75) is 24.9 Å². The lowest BCUT2D eigenvalue weighted by Gasteiger charge is -2.32. The third kappa shape index (κ3) is 4.11. The third-order valence-corrected chi connectivity index (χ3v) is 4.79. The van der Waals surface area contributed by atoms with Crippen molar-refractivity contribution in [3.8, 4) is 0 Å². The van der Waals surface area contributed by atoms with Crippen LogP contribution >= 0.6 is 0 Å². The Balaban J connectivity index is 1.53. The van der Waals surface area contributed by atoms with Crippen LogP contribution in [-0.4, -0.2) is 48.9 Å². The Hall–Kier alpha value is -1.96. The normalized spacial score (nSPS) is 25.5. The molecule has 1 aromatic carbocycles. The number of nitrogens with two attached hydrogens (primary N) is 1. The second-order valence-electron chi connectivity index (χ2n) is 6.55. The van der Waals surface area contributed by atoms with Crippen LogP contribution in [0.4, 0.5) is 0 Å². The minimum atomic E-state index is -0.300. The van der Waals surface area contributed by atoms with Gasteiger partial charge in [-0.05, 0) is 18.4 Å². The number of carbonyl (C=O) groups excluding carboxylic acids is 2. The smallest absolute Gasteiger partial charge is 0.231 e. The summed E-state index contributed by atoms with van der Waals surface area (Å²) < 4.78 is 0. The Labute approximate surface area is 141 Å². The van der Waals surface area contributed by atoms with Gasteiger partial charge < -0.3 is 11.1 Å². The molecule has 1 aromatic rings. The average Bonchev–Trinajstić information content (AvgIpc) is 3.07. The predicted molar refractivity (Wildman–Crippen MR) is 90.6 cm³/mol. The zero-order valence-corrected chi connectivity index (χ0v) is 13.7. The monoisotopic (exact) mass is 331 g/mol. The predicted octanol–water partition coefficient (Wildman–Crippen LogP) is -0.482. The highest BCUT2D eigenvalue weighted by molar-refractivity contribution is 5.80. The van der Waals surface area contributed by atoms with Gasteiger partial charge in [-0.15, -0.1) is 0 Å². The molecule has 2 unspecified atom stereocenters. The summed E-state index contributed by atoms with van der Waals surface area (Å²) in [5.41, 5.74) is 12.6. The molecule has 0 spiro atoms. The summed E-state index contributed by atoms with van der Waals surface area (Å²) in [7, 11) is 0. The molecule has 2 heterocycles. The van der Waals surface area contributed by atoms with Gasteiger partial charge in [-0.3, -0.25) is 19.9 Å². The maximum absolute atomic E-state index is 12.7. The number of primary amides is 1. The quantitative estimate of drug-likeness (QED) is 0.584. The van der Waals surface area contributed by atoms with Gasteiger partial charge in [0.05, 0.1) is 18.5 Å². The summed E-state index contributed by atoms with van der Waals surface area (Å²) in [6.45, 7) is 2.49. The van der Waals surface area contributed by atoms with Crippen LogP contribution in [0.25, 0.3) is 0 Å². The average molecular weight is 331 g/mol. The van der Waals surface area contributed by atoms with Crippen LogP contribution in [0.15, 0.2) is 30.3 Å². The number of hydrazine groups is 1. The molecule has 7 nitrogen and oxygen atoms in total. The molecule has 0 saturated carbocycles. The largest absolute Gasteiger partial charge is 0.369 e. The number of hydrogen-bond donors (Lipinski definition) is 4. The summed E-state index contributed by atoms with van der Waals surface area (Å²) in [6, 6.07) is 10.2. The zero-order chi connectivity index (χ0) is 16.9. The highest BCUT2D eigenvalue weighted by atomic mass is 16.2. The van der Waals surface area contributed by atoms with Crippen LogP contribution in [0, 0.1) is 5.92 Å². The van der Waals surface area contributed by atoms with E-state index >= 15 is 0 Å². The fourth-order valence-electron chi connectivity index (χ4n) is 3.48. The number of nitrogens with zero attached hydrogens (tertiary/aromatic N) is 1. The topological polar surface area (TPSA) is 99.5 Å². The first kappa shape index (κ1) is 16.9. The van der Waals surface area contributed by atoms with Gasteiger partial charge in [0.15, 0.2) is 0 Å². The molecule has 2 atom stereocenters. The van der Waals surface area contributed by atoms with E-state index in [1.807, 2.05) is 35.2 Å². The van der Waals surface area contributed by atoms with Crippen LogP contribution in [-0.2, 0) is 9.59 Å². The molecule has 2 fully saturated rings. The third-order valence-electron chi connectivity index (χ3n) is 4.79. The first-order chi connectivity index (χ1) is 11.6. The van der Waals surface area contributed by atoms with Crippen molar-refractivity contribution < 1.29 is 9.59 Å². The van der Waals surface area contributed by atoms with E-state index in [9.17, 15) is 9.59 Å². The maximum atomic E-state index is 12.7. The lowest BCUT2D eigenvalue weighted by molar-refractivity contribution is -0.126. The molecule has 0 aromatic heterocycles.